The molecule has 1 aliphatic carbocycles. The highest BCUT2D eigenvalue weighted by molar-refractivity contribution is 7.99. The zero-order valence-corrected chi connectivity index (χ0v) is 12.8. The van der Waals surface area contributed by atoms with Crippen LogP contribution in [0.25, 0.3) is 0 Å². The van der Waals surface area contributed by atoms with Crippen molar-refractivity contribution in [2.75, 3.05) is 24.6 Å². The van der Waals surface area contributed by atoms with Gasteiger partial charge in [-0.15, -0.1) is 0 Å². The van der Waals surface area contributed by atoms with Gasteiger partial charge in [-0.2, -0.15) is 11.8 Å². The molecule has 0 atom stereocenters. The summed E-state index contributed by atoms with van der Waals surface area (Å²) in [5.74, 6) is 1.58. The predicted molar refractivity (Wildman–Crippen MR) is 79.4 cm³/mol. The van der Waals surface area contributed by atoms with Gasteiger partial charge >= 0.3 is 0 Å². The van der Waals surface area contributed by atoms with Crippen molar-refractivity contribution in [3.8, 4) is 0 Å². The number of thioether (sulfide) groups is 1. The van der Waals surface area contributed by atoms with Crippen LogP contribution < -0.4 is 5.32 Å². The van der Waals surface area contributed by atoms with Gasteiger partial charge in [-0.05, 0) is 51.0 Å². The summed E-state index contributed by atoms with van der Waals surface area (Å²) in [6.45, 7) is 5.93. The van der Waals surface area contributed by atoms with Gasteiger partial charge in [-0.1, -0.05) is 0 Å². The van der Waals surface area contributed by atoms with Crippen molar-refractivity contribution in [2.24, 2.45) is 0 Å². The average Bonchev–Trinajstić information content (AvgIpc) is 3.19. The fraction of sp³-hybridized carbons (Fsp3) is 0.929. The van der Waals surface area contributed by atoms with Crippen molar-refractivity contribution in [3.05, 3.63) is 0 Å². The predicted octanol–water partition coefficient (Wildman–Crippen LogP) is 1.23. The molecule has 2 aliphatic rings. The van der Waals surface area contributed by atoms with Crippen LogP contribution >= 0.6 is 11.8 Å². The second-order valence-electron chi connectivity index (χ2n) is 5.96. The lowest BCUT2D eigenvalue weighted by Crippen LogP contribution is -2.51. The van der Waals surface area contributed by atoms with Crippen LogP contribution in [0.15, 0.2) is 0 Å². The zero-order valence-electron chi connectivity index (χ0n) is 12.0. The van der Waals surface area contributed by atoms with E-state index in [4.69, 9.17) is 0 Å². The number of nitrogens with one attached hydrogen (secondary N) is 1. The van der Waals surface area contributed by atoms with Crippen LogP contribution in [0.3, 0.4) is 0 Å². The van der Waals surface area contributed by atoms with E-state index in [2.05, 4.69) is 24.1 Å². The van der Waals surface area contributed by atoms with Crippen molar-refractivity contribution >= 4 is 17.7 Å². The lowest BCUT2D eigenvalue weighted by molar-refractivity contribution is -0.140. The summed E-state index contributed by atoms with van der Waals surface area (Å²) < 4.78 is 0. The maximum absolute atomic E-state index is 12.1. The zero-order chi connectivity index (χ0) is 13.9. The van der Waals surface area contributed by atoms with Gasteiger partial charge in [0.05, 0.1) is 0 Å². The van der Waals surface area contributed by atoms with Crippen molar-refractivity contribution in [3.63, 3.8) is 0 Å². The normalized spacial score (nSPS) is 22.8. The van der Waals surface area contributed by atoms with E-state index < -0.39 is 5.60 Å². The van der Waals surface area contributed by atoms with Crippen molar-refractivity contribution < 1.29 is 9.90 Å². The third-order valence-electron chi connectivity index (χ3n) is 4.08. The fourth-order valence-corrected chi connectivity index (χ4v) is 3.84. The first kappa shape index (κ1) is 15.1. The number of amides is 1. The highest BCUT2D eigenvalue weighted by atomic mass is 32.2. The number of rotatable bonds is 6. The van der Waals surface area contributed by atoms with Gasteiger partial charge in [0.1, 0.15) is 5.60 Å². The summed E-state index contributed by atoms with van der Waals surface area (Å²) in [5, 5.41) is 13.2. The van der Waals surface area contributed by atoms with Crippen LogP contribution in [0.1, 0.15) is 39.5 Å². The lowest BCUT2D eigenvalue weighted by atomic mass is 9.96. The molecular formula is C14H26N2O2S. The van der Waals surface area contributed by atoms with Crippen LogP contribution in [0.2, 0.25) is 0 Å². The number of aliphatic hydroxyl groups is 1. The molecule has 0 aromatic rings. The van der Waals surface area contributed by atoms with Crippen molar-refractivity contribution in [1.29, 1.82) is 0 Å². The Morgan fingerprint density at radius 1 is 1.42 bits per heavy atom. The highest BCUT2D eigenvalue weighted by Crippen LogP contribution is 2.28. The van der Waals surface area contributed by atoms with E-state index in [1.807, 2.05) is 11.8 Å². The second-order valence-corrected chi connectivity index (χ2v) is 7.19. The van der Waals surface area contributed by atoms with Crippen LogP contribution in [-0.4, -0.2) is 58.2 Å². The number of nitrogens with zero attached hydrogens (tertiary/aromatic N) is 1. The Bertz CT molecular complexity index is 311. The third kappa shape index (κ3) is 4.10. The summed E-state index contributed by atoms with van der Waals surface area (Å²) in [6.07, 6.45) is 3.74. The van der Waals surface area contributed by atoms with Gasteiger partial charge in [0.25, 0.3) is 5.91 Å². The molecule has 0 aromatic carbocycles. The first-order chi connectivity index (χ1) is 9.03. The smallest absolute Gasteiger partial charge is 0.252 e. The SMILES string of the molecule is CC(C)N(CCNC(=O)C1(O)CCSCC1)C1CC1. The minimum atomic E-state index is -1.12. The van der Waals surface area contributed by atoms with Crippen LogP contribution in [0.5, 0.6) is 0 Å². The summed E-state index contributed by atoms with van der Waals surface area (Å²) in [7, 11) is 0. The molecule has 110 valence electrons. The molecule has 2 N–H and O–H groups in total. The molecule has 0 aromatic heterocycles. The molecule has 0 spiro atoms. The Balaban J connectivity index is 1.73. The highest BCUT2D eigenvalue weighted by Gasteiger charge is 2.37. The van der Waals surface area contributed by atoms with Gasteiger partial charge in [-0.3, -0.25) is 9.69 Å². The Morgan fingerprint density at radius 3 is 2.58 bits per heavy atom. The van der Waals surface area contributed by atoms with E-state index >= 15 is 0 Å². The first-order valence-electron chi connectivity index (χ1n) is 7.37. The molecule has 0 bridgehead atoms. The molecule has 4 nitrogen and oxygen atoms in total. The van der Waals surface area contributed by atoms with E-state index in [-0.39, 0.29) is 5.91 Å². The monoisotopic (exact) mass is 286 g/mol. The Kier molecular flexibility index (Phi) is 5.15. The summed E-state index contributed by atoms with van der Waals surface area (Å²) in [5.41, 5.74) is -1.12. The molecule has 0 unspecified atom stereocenters. The van der Waals surface area contributed by atoms with Crippen LogP contribution in [0.4, 0.5) is 0 Å². The van der Waals surface area contributed by atoms with E-state index in [1.54, 1.807) is 0 Å². The number of hydrogen-bond donors (Lipinski definition) is 2. The van der Waals surface area contributed by atoms with Gasteiger partial charge in [0.2, 0.25) is 0 Å². The molecule has 2 fully saturated rings. The molecule has 1 saturated carbocycles. The fourth-order valence-electron chi connectivity index (χ4n) is 2.67. The Hall–Kier alpha value is -0.260. The van der Waals surface area contributed by atoms with E-state index in [1.165, 1.54) is 12.8 Å². The van der Waals surface area contributed by atoms with Gasteiger partial charge in [0.15, 0.2) is 0 Å². The number of carbonyl (C=O) groups excluding carboxylic acids is 1. The van der Waals surface area contributed by atoms with Gasteiger partial charge in [0, 0.05) is 25.2 Å². The number of carbonyl (C=O) groups is 1. The minimum absolute atomic E-state index is 0.174. The molecule has 1 heterocycles. The first-order valence-corrected chi connectivity index (χ1v) is 8.52. The molecule has 0 radical (unpaired) electrons. The third-order valence-corrected chi connectivity index (χ3v) is 5.06. The largest absolute Gasteiger partial charge is 0.380 e. The summed E-state index contributed by atoms with van der Waals surface area (Å²) in [4.78, 5) is 14.5. The lowest BCUT2D eigenvalue weighted by Gasteiger charge is -2.31. The maximum Gasteiger partial charge on any atom is 0.252 e. The molecule has 5 heteroatoms. The topological polar surface area (TPSA) is 52.6 Å². The van der Waals surface area contributed by atoms with E-state index in [0.29, 0.717) is 31.5 Å². The van der Waals surface area contributed by atoms with E-state index in [0.717, 1.165) is 18.1 Å². The van der Waals surface area contributed by atoms with Crippen molar-refractivity contribution in [1.82, 2.24) is 10.2 Å². The molecule has 19 heavy (non-hydrogen) atoms. The molecule has 1 aliphatic heterocycles. The summed E-state index contributed by atoms with van der Waals surface area (Å²) in [6, 6.07) is 1.24. The second kappa shape index (κ2) is 6.46. The minimum Gasteiger partial charge on any atom is -0.380 e. The van der Waals surface area contributed by atoms with Crippen LogP contribution in [0, 0.1) is 0 Å². The molecule has 2 rings (SSSR count). The summed E-state index contributed by atoms with van der Waals surface area (Å²) >= 11 is 1.81. The van der Waals surface area contributed by atoms with Gasteiger partial charge in [-0.25, -0.2) is 0 Å². The molecule has 1 amide bonds. The molecular weight excluding hydrogens is 260 g/mol. The molecule has 1 saturated heterocycles. The standard InChI is InChI=1S/C14H26N2O2S/c1-11(2)16(12-3-4-12)8-7-15-13(17)14(18)5-9-19-10-6-14/h11-12,18H,3-10H2,1-2H3,(H,15,17). The van der Waals surface area contributed by atoms with Crippen molar-refractivity contribution in [2.45, 2.75) is 57.2 Å². The van der Waals surface area contributed by atoms with E-state index in [9.17, 15) is 9.90 Å². The van der Waals surface area contributed by atoms with Gasteiger partial charge < -0.3 is 10.4 Å². The number of hydrogen-bond acceptors (Lipinski definition) is 4. The maximum atomic E-state index is 12.1. The van der Waals surface area contributed by atoms with Crippen LogP contribution in [-0.2, 0) is 4.79 Å². The quantitative estimate of drug-likeness (QED) is 0.771. The average molecular weight is 286 g/mol. The Labute approximate surface area is 120 Å². The Morgan fingerprint density at radius 2 is 2.05 bits per heavy atom.